The molecule has 2 bridgehead atoms. The number of halogens is 1. The number of carbonyl (C=O) groups is 2. The van der Waals surface area contributed by atoms with E-state index in [1.807, 2.05) is 0 Å². The fraction of sp³-hybridized carbons (Fsp3) is 0.600. The highest BCUT2D eigenvalue weighted by atomic mass is 35.5. The number of hydrogen-bond donors (Lipinski definition) is 2. The fourth-order valence-corrected chi connectivity index (χ4v) is 4.21. The van der Waals surface area contributed by atoms with Gasteiger partial charge in [-0.15, -0.1) is 0 Å². The third-order valence-corrected chi connectivity index (χ3v) is 6.08. The normalized spacial score (nSPS) is 26.5. The number of nitrogens with zero attached hydrogens (tertiary/aromatic N) is 1. The maximum Gasteiger partial charge on any atom is 0.255 e. The van der Waals surface area contributed by atoms with Crippen molar-refractivity contribution in [2.24, 2.45) is 11.8 Å². The molecule has 3 aliphatic heterocycles. The summed E-state index contributed by atoms with van der Waals surface area (Å²) in [6.07, 6.45) is 4.59. The Labute approximate surface area is 164 Å². The molecule has 1 atom stereocenters. The summed E-state index contributed by atoms with van der Waals surface area (Å²) < 4.78 is 5.93. The minimum absolute atomic E-state index is 0.157. The van der Waals surface area contributed by atoms with Crippen LogP contribution < -0.4 is 15.4 Å². The van der Waals surface area contributed by atoms with Crippen LogP contribution in [0.3, 0.4) is 0 Å². The Morgan fingerprint density at radius 1 is 1.22 bits per heavy atom. The van der Waals surface area contributed by atoms with Gasteiger partial charge in [0.15, 0.2) is 0 Å². The number of ether oxygens (including phenoxy) is 1. The number of nitrogens with one attached hydrogen (secondary N) is 2. The lowest BCUT2D eigenvalue weighted by molar-refractivity contribution is -0.114. The van der Waals surface area contributed by atoms with E-state index in [0.29, 0.717) is 40.5 Å². The van der Waals surface area contributed by atoms with Crippen LogP contribution in [0.1, 0.15) is 43.0 Å². The second-order valence-corrected chi connectivity index (χ2v) is 8.39. The first-order valence-electron chi connectivity index (χ1n) is 9.76. The van der Waals surface area contributed by atoms with Crippen molar-refractivity contribution >= 4 is 29.1 Å². The van der Waals surface area contributed by atoms with Gasteiger partial charge in [0.25, 0.3) is 5.91 Å². The highest BCUT2D eigenvalue weighted by Crippen LogP contribution is 2.35. The van der Waals surface area contributed by atoms with Crippen LogP contribution >= 0.6 is 11.6 Å². The summed E-state index contributed by atoms with van der Waals surface area (Å²) in [5, 5.41) is 6.22. The maximum absolute atomic E-state index is 13.0. The number of fused-ring (bicyclic) bond motifs is 3. The number of anilines is 1. The van der Waals surface area contributed by atoms with Crippen LogP contribution in [0.4, 0.5) is 5.69 Å². The van der Waals surface area contributed by atoms with Gasteiger partial charge in [-0.25, -0.2) is 0 Å². The molecule has 0 radical (unpaired) electrons. The molecular weight excluding hydrogens is 366 g/mol. The molecule has 4 fully saturated rings. The molecule has 0 aromatic heterocycles. The van der Waals surface area contributed by atoms with Crippen molar-refractivity contribution in [2.75, 3.05) is 31.6 Å². The van der Waals surface area contributed by atoms with E-state index >= 15 is 0 Å². The van der Waals surface area contributed by atoms with Crippen LogP contribution in [0.5, 0.6) is 5.75 Å². The van der Waals surface area contributed by atoms with Gasteiger partial charge < -0.3 is 20.3 Å². The SMILES string of the molecule is CC(=O)Nc1cc(OCC2CC2)c(C(=O)NC2CN3CCC2CC3)cc1Cl. The van der Waals surface area contributed by atoms with Gasteiger partial charge in [-0.05, 0) is 56.7 Å². The first-order valence-corrected chi connectivity index (χ1v) is 10.1. The summed E-state index contributed by atoms with van der Waals surface area (Å²) in [6, 6.07) is 3.44. The van der Waals surface area contributed by atoms with Gasteiger partial charge in [-0.3, -0.25) is 9.59 Å². The van der Waals surface area contributed by atoms with Crippen LogP contribution in [0, 0.1) is 11.8 Å². The Morgan fingerprint density at radius 3 is 2.56 bits per heavy atom. The van der Waals surface area contributed by atoms with E-state index in [1.54, 1.807) is 12.1 Å². The molecule has 1 saturated carbocycles. The molecule has 1 aromatic carbocycles. The lowest BCUT2D eigenvalue weighted by Crippen LogP contribution is -2.57. The zero-order valence-electron chi connectivity index (χ0n) is 15.6. The molecule has 4 aliphatic rings. The highest BCUT2D eigenvalue weighted by molar-refractivity contribution is 6.34. The van der Waals surface area contributed by atoms with E-state index in [1.165, 1.54) is 6.92 Å². The zero-order valence-corrected chi connectivity index (χ0v) is 16.3. The predicted octanol–water partition coefficient (Wildman–Crippen LogP) is 2.91. The van der Waals surface area contributed by atoms with E-state index in [2.05, 4.69) is 15.5 Å². The first kappa shape index (κ1) is 18.6. The lowest BCUT2D eigenvalue weighted by atomic mass is 9.84. The minimum atomic E-state index is -0.213. The fourth-order valence-electron chi connectivity index (χ4n) is 4.00. The predicted molar refractivity (Wildman–Crippen MR) is 104 cm³/mol. The molecule has 0 spiro atoms. The average Bonchev–Trinajstić information content (AvgIpc) is 3.47. The Morgan fingerprint density at radius 2 is 1.96 bits per heavy atom. The highest BCUT2D eigenvalue weighted by Gasteiger charge is 2.35. The monoisotopic (exact) mass is 391 g/mol. The van der Waals surface area contributed by atoms with Crippen LogP contribution in [0.15, 0.2) is 12.1 Å². The summed E-state index contributed by atoms with van der Waals surface area (Å²) in [7, 11) is 0. The number of amides is 2. The lowest BCUT2D eigenvalue weighted by Gasteiger charge is -2.44. The van der Waals surface area contributed by atoms with E-state index in [0.717, 1.165) is 45.3 Å². The summed E-state index contributed by atoms with van der Waals surface area (Å²) in [5.41, 5.74) is 0.903. The van der Waals surface area contributed by atoms with Gasteiger partial charge in [0.05, 0.1) is 22.9 Å². The van der Waals surface area contributed by atoms with Gasteiger partial charge in [0, 0.05) is 25.6 Å². The molecule has 1 aliphatic carbocycles. The van der Waals surface area contributed by atoms with Crippen LogP contribution in [-0.2, 0) is 4.79 Å². The number of rotatable bonds is 6. The average molecular weight is 392 g/mol. The standard InChI is InChI=1S/C20H26ClN3O3/c1-12(25)22-17-9-19(27-11-13-2-3-13)15(8-16(17)21)20(26)23-18-10-24-6-4-14(18)5-7-24/h8-9,13-14,18H,2-7,10-11H2,1H3,(H,22,25)(H,23,26). The molecule has 3 saturated heterocycles. The number of hydrogen-bond acceptors (Lipinski definition) is 4. The molecule has 2 N–H and O–H groups in total. The molecule has 1 unspecified atom stereocenters. The quantitative estimate of drug-likeness (QED) is 0.782. The number of benzene rings is 1. The van der Waals surface area contributed by atoms with Crippen molar-refractivity contribution in [1.29, 1.82) is 0 Å². The van der Waals surface area contributed by atoms with E-state index in [9.17, 15) is 9.59 Å². The molecule has 146 valence electrons. The topological polar surface area (TPSA) is 70.7 Å². The van der Waals surface area contributed by atoms with Gasteiger partial charge in [-0.1, -0.05) is 11.6 Å². The van der Waals surface area contributed by atoms with Crippen molar-refractivity contribution in [3.8, 4) is 5.75 Å². The van der Waals surface area contributed by atoms with Gasteiger partial charge in [-0.2, -0.15) is 0 Å². The summed E-state index contributed by atoms with van der Waals surface area (Å²) in [6.45, 7) is 5.18. The first-order chi connectivity index (χ1) is 13.0. The van der Waals surface area contributed by atoms with E-state index in [-0.39, 0.29) is 17.9 Å². The van der Waals surface area contributed by atoms with Crippen molar-refractivity contribution in [3.05, 3.63) is 22.7 Å². The van der Waals surface area contributed by atoms with Crippen molar-refractivity contribution in [1.82, 2.24) is 10.2 Å². The van der Waals surface area contributed by atoms with Crippen molar-refractivity contribution in [3.63, 3.8) is 0 Å². The summed E-state index contributed by atoms with van der Waals surface area (Å²) in [5.74, 6) is 1.21. The van der Waals surface area contributed by atoms with E-state index < -0.39 is 0 Å². The largest absolute Gasteiger partial charge is 0.492 e. The maximum atomic E-state index is 13.0. The molecule has 3 heterocycles. The summed E-state index contributed by atoms with van der Waals surface area (Å²) in [4.78, 5) is 26.8. The van der Waals surface area contributed by atoms with Crippen molar-refractivity contribution in [2.45, 2.75) is 38.6 Å². The van der Waals surface area contributed by atoms with E-state index in [4.69, 9.17) is 16.3 Å². The minimum Gasteiger partial charge on any atom is -0.492 e. The van der Waals surface area contributed by atoms with Crippen LogP contribution in [0.25, 0.3) is 0 Å². The Balaban J connectivity index is 1.54. The smallest absolute Gasteiger partial charge is 0.255 e. The molecular formula is C20H26ClN3O3. The number of piperidine rings is 3. The van der Waals surface area contributed by atoms with Crippen LogP contribution in [-0.4, -0.2) is 49.0 Å². The third-order valence-electron chi connectivity index (χ3n) is 5.77. The molecule has 6 nitrogen and oxygen atoms in total. The Bertz CT molecular complexity index is 742. The summed E-state index contributed by atoms with van der Waals surface area (Å²) >= 11 is 6.31. The van der Waals surface area contributed by atoms with Crippen LogP contribution in [0.2, 0.25) is 5.02 Å². The Hall–Kier alpha value is -1.79. The second-order valence-electron chi connectivity index (χ2n) is 7.98. The molecule has 7 heteroatoms. The zero-order chi connectivity index (χ0) is 19.0. The molecule has 27 heavy (non-hydrogen) atoms. The second kappa shape index (κ2) is 7.68. The number of carbonyl (C=O) groups excluding carboxylic acids is 2. The van der Waals surface area contributed by atoms with Gasteiger partial charge in [0.1, 0.15) is 5.75 Å². The molecule has 2 amide bonds. The third kappa shape index (κ3) is 4.38. The van der Waals surface area contributed by atoms with Gasteiger partial charge in [0.2, 0.25) is 5.91 Å². The molecule has 5 rings (SSSR count). The van der Waals surface area contributed by atoms with Crippen molar-refractivity contribution < 1.29 is 14.3 Å². The Kier molecular flexibility index (Phi) is 5.28. The molecule has 1 aromatic rings. The van der Waals surface area contributed by atoms with Gasteiger partial charge >= 0.3 is 0 Å².